The third kappa shape index (κ3) is 4.79. The summed E-state index contributed by atoms with van der Waals surface area (Å²) in [6, 6.07) is 0. The molecule has 0 aliphatic carbocycles. The van der Waals surface area contributed by atoms with E-state index < -0.39 is 0 Å². The molecule has 1 amide bonds. The second kappa shape index (κ2) is 7.87. The minimum absolute atomic E-state index is 0. The van der Waals surface area contributed by atoms with Crippen LogP contribution in [0.15, 0.2) is 0 Å². The van der Waals surface area contributed by atoms with E-state index in [2.05, 4.69) is 5.32 Å². The van der Waals surface area contributed by atoms with Gasteiger partial charge in [-0.1, -0.05) is 0 Å². The molecule has 0 aromatic carbocycles. The lowest BCUT2D eigenvalue weighted by Crippen LogP contribution is -2.45. The van der Waals surface area contributed by atoms with Crippen LogP contribution in [0.25, 0.3) is 0 Å². The van der Waals surface area contributed by atoms with Gasteiger partial charge in [0.1, 0.15) is 0 Å². The molecule has 100 valence electrons. The van der Waals surface area contributed by atoms with Gasteiger partial charge in [0.25, 0.3) is 0 Å². The zero-order valence-electron chi connectivity index (χ0n) is 10.0. The molecule has 1 N–H and O–H groups in total. The van der Waals surface area contributed by atoms with Crippen LogP contribution in [0.1, 0.15) is 12.8 Å². The van der Waals surface area contributed by atoms with E-state index in [-0.39, 0.29) is 18.3 Å². The lowest BCUT2D eigenvalue weighted by molar-refractivity contribution is -0.134. The van der Waals surface area contributed by atoms with Gasteiger partial charge in [-0.3, -0.25) is 4.79 Å². The summed E-state index contributed by atoms with van der Waals surface area (Å²) in [5.41, 5.74) is 0. The Balaban J connectivity index is 0.00000144. The molecule has 2 saturated heterocycles. The molecule has 5 nitrogen and oxygen atoms in total. The number of carbonyl (C=O) groups excluding carboxylic acids is 1. The number of halogens is 1. The molecule has 2 heterocycles. The van der Waals surface area contributed by atoms with E-state index >= 15 is 0 Å². The number of ether oxygens (including phenoxy) is 2. The van der Waals surface area contributed by atoms with Crippen molar-refractivity contribution in [3.63, 3.8) is 0 Å². The van der Waals surface area contributed by atoms with Gasteiger partial charge in [0.15, 0.2) is 0 Å². The van der Waals surface area contributed by atoms with Gasteiger partial charge in [0.05, 0.1) is 25.9 Å². The molecule has 0 spiro atoms. The molecule has 2 fully saturated rings. The van der Waals surface area contributed by atoms with Crippen LogP contribution in [0.2, 0.25) is 0 Å². The van der Waals surface area contributed by atoms with Gasteiger partial charge in [-0.15, -0.1) is 12.4 Å². The SMILES string of the molecule is Cl.O=C(CNCC1CCCO1)N1CCOCC1. The molecule has 6 heteroatoms. The number of rotatable bonds is 4. The van der Waals surface area contributed by atoms with E-state index in [9.17, 15) is 4.79 Å². The summed E-state index contributed by atoms with van der Waals surface area (Å²) in [6.45, 7) is 4.84. The number of carbonyl (C=O) groups is 1. The lowest BCUT2D eigenvalue weighted by Gasteiger charge is -2.27. The van der Waals surface area contributed by atoms with E-state index in [0.29, 0.717) is 25.9 Å². The maximum atomic E-state index is 11.7. The van der Waals surface area contributed by atoms with Crippen LogP contribution in [0.4, 0.5) is 0 Å². The quantitative estimate of drug-likeness (QED) is 0.779. The molecule has 2 aliphatic rings. The molecule has 0 radical (unpaired) electrons. The van der Waals surface area contributed by atoms with Gasteiger partial charge in [0.2, 0.25) is 5.91 Å². The van der Waals surface area contributed by atoms with Crippen molar-refractivity contribution in [2.75, 3.05) is 46.0 Å². The second-order valence-corrected chi connectivity index (χ2v) is 4.26. The first-order valence-electron chi connectivity index (χ1n) is 6.04. The Morgan fingerprint density at radius 1 is 1.29 bits per heavy atom. The van der Waals surface area contributed by atoms with Crippen molar-refractivity contribution in [2.45, 2.75) is 18.9 Å². The van der Waals surface area contributed by atoms with Crippen LogP contribution in [0.5, 0.6) is 0 Å². The fourth-order valence-corrected chi connectivity index (χ4v) is 2.07. The normalized spacial score (nSPS) is 24.5. The van der Waals surface area contributed by atoms with Crippen molar-refractivity contribution >= 4 is 18.3 Å². The molecule has 2 rings (SSSR count). The smallest absolute Gasteiger partial charge is 0.236 e. The first-order chi connectivity index (χ1) is 7.86. The molecule has 2 aliphatic heterocycles. The molecule has 17 heavy (non-hydrogen) atoms. The number of nitrogens with zero attached hydrogens (tertiary/aromatic N) is 1. The molecule has 0 saturated carbocycles. The van der Waals surface area contributed by atoms with E-state index in [0.717, 1.165) is 39.1 Å². The summed E-state index contributed by atoms with van der Waals surface area (Å²) in [5.74, 6) is 0.168. The van der Waals surface area contributed by atoms with Gasteiger partial charge in [0, 0.05) is 26.2 Å². The third-order valence-corrected chi connectivity index (χ3v) is 3.04. The van der Waals surface area contributed by atoms with Crippen molar-refractivity contribution in [2.24, 2.45) is 0 Å². The van der Waals surface area contributed by atoms with E-state index in [4.69, 9.17) is 9.47 Å². The first kappa shape index (κ1) is 14.7. The maximum Gasteiger partial charge on any atom is 0.236 e. The summed E-state index contributed by atoms with van der Waals surface area (Å²) in [5, 5.41) is 3.17. The third-order valence-electron chi connectivity index (χ3n) is 3.04. The largest absolute Gasteiger partial charge is 0.378 e. The highest BCUT2D eigenvalue weighted by Gasteiger charge is 2.18. The van der Waals surface area contributed by atoms with Crippen LogP contribution in [0.3, 0.4) is 0 Å². The fraction of sp³-hybridized carbons (Fsp3) is 0.909. The van der Waals surface area contributed by atoms with Crippen molar-refractivity contribution in [3.8, 4) is 0 Å². The Labute approximate surface area is 108 Å². The average molecular weight is 265 g/mol. The van der Waals surface area contributed by atoms with Gasteiger partial charge in [-0.2, -0.15) is 0 Å². The molecule has 0 aromatic heterocycles. The van der Waals surface area contributed by atoms with Crippen molar-refractivity contribution in [1.82, 2.24) is 10.2 Å². The lowest BCUT2D eigenvalue weighted by atomic mass is 10.2. The topological polar surface area (TPSA) is 50.8 Å². The number of morpholine rings is 1. The Bertz CT molecular complexity index is 229. The predicted octanol–water partition coefficient (Wildman–Crippen LogP) is 0.0356. The van der Waals surface area contributed by atoms with Gasteiger partial charge in [-0.05, 0) is 12.8 Å². The Morgan fingerprint density at radius 3 is 2.71 bits per heavy atom. The van der Waals surface area contributed by atoms with Crippen molar-refractivity contribution in [1.29, 1.82) is 0 Å². The first-order valence-corrected chi connectivity index (χ1v) is 6.04. The monoisotopic (exact) mass is 264 g/mol. The van der Waals surface area contributed by atoms with Crippen LogP contribution >= 0.6 is 12.4 Å². The van der Waals surface area contributed by atoms with E-state index in [1.807, 2.05) is 4.90 Å². The molecule has 1 atom stereocenters. The molecular formula is C11H21ClN2O3. The summed E-state index contributed by atoms with van der Waals surface area (Å²) >= 11 is 0. The van der Waals surface area contributed by atoms with Gasteiger partial charge < -0.3 is 19.7 Å². The molecular weight excluding hydrogens is 244 g/mol. The Morgan fingerprint density at radius 2 is 2.06 bits per heavy atom. The summed E-state index contributed by atoms with van der Waals surface area (Å²) in [4.78, 5) is 13.6. The fourth-order valence-electron chi connectivity index (χ4n) is 2.07. The van der Waals surface area contributed by atoms with E-state index in [1.54, 1.807) is 0 Å². The maximum absolute atomic E-state index is 11.7. The van der Waals surface area contributed by atoms with Crippen LogP contribution in [-0.2, 0) is 14.3 Å². The molecule has 0 aromatic rings. The van der Waals surface area contributed by atoms with Gasteiger partial charge >= 0.3 is 0 Å². The Kier molecular flexibility index (Phi) is 6.80. The second-order valence-electron chi connectivity index (χ2n) is 4.26. The minimum Gasteiger partial charge on any atom is -0.378 e. The highest BCUT2D eigenvalue weighted by Crippen LogP contribution is 2.10. The highest BCUT2D eigenvalue weighted by molar-refractivity contribution is 5.85. The predicted molar refractivity (Wildman–Crippen MR) is 66.5 cm³/mol. The van der Waals surface area contributed by atoms with Crippen LogP contribution in [-0.4, -0.2) is 62.9 Å². The number of hydrogen-bond acceptors (Lipinski definition) is 4. The van der Waals surface area contributed by atoms with Crippen LogP contribution in [0, 0.1) is 0 Å². The van der Waals surface area contributed by atoms with Crippen LogP contribution < -0.4 is 5.32 Å². The minimum atomic E-state index is 0. The zero-order chi connectivity index (χ0) is 11.2. The average Bonchev–Trinajstić information content (AvgIpc) is 2.83. The van der Waals surface area contributed by atoms with Gasteiger partial charge in [-0.25, -0.2) is 0 Å². The summed E-state index contributed by atoms with van der Waals surface area (Å²) in [6.07, 6.45) is 2.56. The van der Waals surface area contributed by atoms with E-state index in [1.165, 1.54) is 0 Å². The van der Waals surface area contributed by atoms with Crippen molar-refractivity contribution in [3.05, 3.63) is 0 Å². The summed E-state index contributed by atoms with van der Waals surface area (Å²) in [7, 11) is 0. The zero-order valence-corrected chi connectivity index (χ0v) is 10.8. The Hall–Kier alpha value is -0.360. The number of amides is 1. The number of nitrogens with one attached hydrogen (secondary N) is 1. The standard InChI is InChI=1S/C11H20N2O3.ClH/c14-11(13-3-6-15-7-4-13)9-12-8-10-2-1-5-16-10;/h10,12H,1-9H2;1H. The summed E-state index contributed by atoms with van der Waals surface area (Å²) < 4.78 is 10.7. The van der Waals surface area contributed by atoms with Crippen molar-refractivity contribution < 1.29 is 14.3 Å². The highest BCUT2D eigenvalue weighted by atomic mass is 35.5. The molecule has 1 unspecified atom stereocenters. The number of hydrogen-bond donors (Lipinski definition) is 1. The molecule has 0 bridgehead atoms.